The van der Waals surface area contributed by atoms with Crippen LogP contribution in [0.5, 0.6) is 0 Å². The zero-order valence-corrected chi connectivity index (χ0v) is 13.8. The fourth-order valence-electron chi connectivity index (χ4n) is 2.76. The van der Waals surface area contributed by atoms with E-state index in [4.69, 9.17) is 0 Å². The van der Waals surface area contributed by atoms with Crippen LogP contribution in [-0.2, 0) is 12.1 Å². The Balaban J connectivity index is 2.14. The fourth-order valence-corrected chi connectivity index (χ4v) is 3.43. The second-order valence-corrected chi connectivity index (χ2v) is 7.17. The Kier molecular flexibility index (Phi) is 4.38. The molecule has 0 radical (unpaired) electrons. The highest BCUT2D eigenvalue weighted by Crippen LogP contribution is 2.50. The first kappa shape index (κ1) is 15.0. The summed E-state index contributed by atoms with van der Waals surface area (Å²) in [5.41, 5.74) is 0.252. The van der Waals surface area contributed by atoms with E-state index in [0.717, 1.165) is 36.1 Å². The predicted molar refractivity (Wildman–Crippen MR) is 79.9 cm³/mol. The van der Waals surface area contributed by atoms with Gasteiger partial charge in [0.1, 0.15) is 5.60 Å². The molecule has 1 fully saturated rings. The molecule has 19 heavy (non-hydrogen) atoms. The van der Waals surface area contributed by atoms with Crippen LogP contribution in [0.1, 0.15) is 32.4 Å². The molecule has 1 aliphatic carbocycles. The van der Waals surface area contributed by atoms with Gasteiger partial charge < -0.3 is 10.0 Å². The van der Waals surface area contributed by atoms with Crippen molar-refractivity contribution in [3.63, 3.8) is 0 Å². The van der Waals surface area contributed by atoms with Crippen molar-refractivity contribution in [1.29, 1.82) is 0 Å². The molecule has 1 aromatic rings. The van der Waals surface area contributed by atoms with Crippen molar-refractivity contribution in [1.82, 2.24) is 14.7 Å². The molecule has 0 aliphatic heterocycles. The molecule has 1 heterocycles. The molecular weight excluding hydrogens is 306 g/mol. The minimum atomic E-state index is -0.698. The number of rotatable bonds is 5. The number of aromatic nitrogens is 2. The van der Waals surface area contributed by atoms with E-state index in [2.05, 4.69) is 39.8 Å². The molecule has 0 unspecified atom stereocenters. The molecule has 1 aromatic heterocycles. The van der Waals surface area contributed by atoms with Crippen LogP contribution in [0.15, 0.2) is 10.7 Å². The first-order valence-electron chi connectivity index (χ1n) is 6.92. The van der Waals surface area contributed by atoms with E-state index in [1.165, 1.54) is 0 Å². The number of hydrogen-bond acceptors (Lipinski definition) is 3. The van der Waals surface area contributed by atoms with Gasteiger partial charge >= 0.3 is 0 Å². The van der Waals surface area contributed by atoms with Crippen molar-refractivity contribution in [3.8, 4) is 0 Å². The molecule has 1 saturated carbocycles. The molecule has 2 rings (SSSR count). The van der Waals surface area contributed by atoms with Crippen LogP contribution in [-0.4, -0.2) is 40.4 Å². The normalized spacial score (nSPS) is 27.1. The molecule has 0 saturated heterocycles. The highest BCUT2D eigenvalue weighted by molar-refractivity contribution is 9.10. The topological polar surface area (TPSA) is 41.3 Å². The highest BCUT2D eigenvalue weighted by atomic mass is 79.9. The Morgan fingerprint density at radius 1 is 1.53 bits per heavy atom. The van der Waals surface area contributed by atoms with Gasteiger partial charge in [-0.15, -0.1) is 0 Å². The van der Waals surface area contributed by atoms with E-state index >= 15 is 0 Å². The minimum Gasteiger partial charge on any atom is -0.384 e. The molecule has 1 aliphatic rings. The Morgan fingerprint density at radius 3 is 2.68 bits per heavy atom. The van der Waals surface area contributed by atoms with Gasteiger partial charge in [0.15, 0.2) is 0 Å². The molecule has 0 bridgehead atoms. The van der Waals surface area contributed by atoms with E-state index in [1.807, 2.05) is 18.8 Å². The van der Waals surface area contributed by atoms with Crippen LogP contribution in [0.25, 0.3) is 0 Å². The third-order valence-corrected chi connectivity index (χ3v) is 4.72. The molecule has 4 nitrogen and oxygen atoms in total. The van der Waals surface area contributed by atoms with Crippen molar-refractivity contribution >= 4 is 15.9 Å². The van der Waals surface area contributed by atoms with Crippen LogP contribution in [0.3, 0.4) is 0 Å². The quantitative estimate of drug-likeness (QED) is 0.902. The standard InChI is InChI=1S/C14H24BrN3O/c1-10(2)11-7-14(19,8-11)13-12(15)9-16-18(13)6-5-17(3)4/h9-11,19H,5-8H2,1-4H3. The van der Waals surface area contributed by atoms with Gasteiger partial charge in [0.25, 0.3) is 0 Å². The van der Waals surface area contributed by atoms with Crippen molar-refractivity contribution in [3.05, 3.63) is 16.4 Å². The maximum atomic E-state index is 10.8. The number of aliphatic hydroxyl groups is 1. The maximum Gasteiger partial charge on any atom is 0.108 e. The summed E-state index contributed by atoms with van der Waals surface area (Å²) in [4.78, 5) is 2.13. The number of likely N-dealkylation sites (N-methyl/N-ethyl adjacent to an activating group) is 1. The Morgan fingerprint density at radius 2 is 2.16 bits per heavy atom. The first-order valence-corrected chi connectivity index (χ1v) is 7.71. The average Bonchev–Trinajstić information content (AvgIpc) is 2.63. The molecule has 0 aromatic carbocycles. The molecule has 1 N–H and O–H groups in total. The number of halogens is 1. The first-order chi connectivity index (χ1) is 8.83. The number of nitrogens with zero attached hydrogens (tertiary/aromatic N) is 3. The smallest absolute Gasteiger partial charge is 0.108 e. The Bertz CT molecular complexity index is 436. The minimum absolute atomic E-state index is 0.620. The van der Waals surface area contributed by atoms with E-state index in [-0.39, 0.29) is 0 Å². The summed E-state index contributed by atoms with van der Waals surface area (Å²) in [7, 11) is 4.09. The molecule has 108 valence electrons. The predicted octanol–water partition coefficient (Wildman–Crippen LogP) is 2.46. The van der Waals surface area contributed by atoms with Crippen molar-refractivity contribution in [2.75, 3.05) is 20.6 Å². The van der Waals surface area contributed by atoms with E-state index in [9.17, 15) is 5.11 Å². The van der Waals surface area contributed by atoms with Crippen LogP contribution in [0.2, 0.25) is 0 Å². The van der Waals surface area contributed by atoms with Gasteiger partial charge in [0.2, 0.25) is 0 Å². The van der Waals surface area contributed by atoms with Crippen LogP contribution in [0.4, 0.5) is 0 Å². The van der Waals surface area contributed by atoms with Gasteiger partial charge in [0, 0.05) is 6.54 Å². The summed E-state index contributed by atoms with van der Waals surface area (Å²) in [5, 5.41) is 15.2. The van der Waals surface area contributed by atoms with Gasteiger partial charge in [-0.1, -0.05) is 13.8 Å². The number of hydrogen-bond donors (Lipinski definition) is 1. The van der Waals surface area contributed by atoms with Crippen LogP contribution >= 0.6 is 15.9 Å². The fraction of sp³-hybridized carbons (Fsp3) is 0.786. The zero-order chi connectivity index (χ0) is 14.2. The summed E-state index contributed by atoms with van der Waals surface area (Å²) in [6.45, 7) is 6.18. The van der Waals surface area contributed by atoms with Crippen LogP contribution in [0, 0.1) is 11.8 Å². The third kappa shape index (κ3) is 3.03. The lowest BCUT2D eigenvalue weighted by Gasteiger charge is -2.46. The largest absolute Gasteiger partial charge is 0.384 e. The lowest BCUT2D eigenvalue weighted by molar-refractivity contribution is -0.1000. The monoisotopic (exact) mass is 329 g/mol. The van der Waals surface area contributed by atoms with Crippen molar-refractivity contribution < 1.29 is 5.11 Å². The maximum absolute atomic E-state index is 10.8. The van der Waals surface area contributed by atoms with E-state index < -0.39 is 5.60 Å². The summed E-state index contributed by atoms with van der Waals surface area (Å²) < 4.78 is 2.87. The van der Waals surface area contributed by atoms with Gasteiger partial charge in [0.05, 0.1) is 22.9 Å². The molecule has 0 spiro atoms. The average molecular weight is 330 g/mol. The molecular formula is C14H24BrN3O. The van der Waals surface area contributed by atoms with Gasteiger partial charge in [-0.2, -0.15) is 5.10 Å². The Hall–Kier alpha value is -0.390. The van der Waals surface area contributed by atoms with Gasteiger partial charge in [-0.3, -0.25) is 4.68 Å². The van der Waals surface area contributed by atoms with Crippen LogP contribution < -0.4 is 0 Å². The van der Waals surface area contributed by atoms with Crippen molar-refractivity contribution in [2.45, 2.75) is 38.8 Å². The van der Waals surface area contributed by atoms with Gasteiger partial charge in [-0.05, 0) is 54.7 Å². The third-order valence-electron chi connectivity index (χ3n) is 4.14. The highest BCUT2D eigenvalue weighted by Gasteiger charge is 2.48. The second kappa shape index (κ2) is 5.54. The van der Waals surface area contributed by atoms with E-state index in [0.29, 0.717) is 11.8 Å². The SMILES string of the molecule is CC(C)C1CC(O)(c2c(Br)cnn2CCN(C)C)C1. The lowest BCUT2D eigenvalue weighted by Crippen LogP contribution is -2.45. The summed E-state index contributed by atoms with van der Waals surface area (Å²) in [6.07, 6.45) is 3.49. The van der Waals surface area contributed by atoms with Crippen molar-refractivity contribution in [2.24, 2.45) is 11.8 Å². The molecule has 5 heteroatoms. The lowest BCUT2D eigenvalue weighted by atomic mass is 9.65. The van der Waals surface area contributed by atoms with E-state index in [1.54, 1.807) is 6.20 Å². The summed E-state index contributed by atoms with van der Waals surface area (Å²) in [6, 6.07) is 0. The summed E-state index contributed by atoms with van der Waals surface area (Å²) >= 11 is 3.53. The molecule has 0 amide bonds. The second-order valence-electron chi connectivity index (χ2n) is 6.31. The molecule has 0 atom stereocenters. The zero-order valence-electron chi connectivity index (χ0n) is 12.2. The Labute approximate surface area is 123 Å². The summed E-state index contributed by atoms with van der Waals surface area (Å²) in [5.74, 6) is 1.26. The van der Waals surface area contributed by atoms with Gasteiger partial charge in [-0.25, -0.2) is 0 Å².